The molecule has 1 N–H and O–H groups in total. The number of anilines is 1. The Morgan fingerprint density at radius 3 is 2.48 bits per heavy atom. The van der Waals surface area contributed by atoms with Gasteiger partial charge in [0, 0.05) is 12.1 Å². The van der Waals surface area contributed by atoms with E-state index in [1.54, 1.807) is 13.8 Å². The van der Waals surface area contributed by atoms with Crippen LogP contribution in [0.25, 0.3) is 0 Å². The number of nitro groups is 1. The molecule has 0 bridgehead atoms. The molecule has 3 rings (SSSR count). The van der Waals surface area contributed by atoms with Crippen molar-refractivity contribution in [2.24, 2.45) is 11.0 Å². The lowest BCUT2D eigenvalue weighted by molar-refractivity contribution is -0.384. The van der Waals surface area contributed by atoms with Gasteiger partial charge in [-0.25, -0.2) is 9.69 Å². The molecule has 2 amide bonds. The molecule has 2 aliphatic rings. The SMILES string of the molecule is CC(C)OC(=O)C1=NN[C@@H]2C(=O)N(c3ccc([N+](=O)[O-])cc3)C(=O)[C@@H]12. The Hall–Kier alpha value is -3.30. The molecule has 2 heterocycles. The summed E-state index contributed by atoms with van der Waals surface area (Å²) in [6.45, 7) is 3.31. The average Bonchev–Trinajstić information content (AvgIpc) is 3.08. The number of amides is 2. The van der Waals surface area contributed by atoms with Crippen LogP contribution in [0.3, 0.4) is 0 Å². The third kappa shape index (κ3) is 2.71. The van der Waals surface area contributed by atoms with Gasteiger partial charge in [-0.15, -0.1) is 0 Å². The minimum Gasteiger partial charge on any atom is -0.458 e. The number of ether oxygens (including phenoxy) is 1. The zero-order valence-electron chi connectivity index (χ0n) is 13.3. The third-order valence-electron chi connectivity index (χ3n) is 3.80. The highest BCUT2D eigenvalue weighted by atomic mass is 16.6. The van der Waals surface area contributed by atoms with Crippen LogP contribution in [0.4, 0.5) is 11.4 Å². The number of carbonyl (C=O) groups is 3. The van der Waals surface area contributed by atoms with E-state index < -0.39 is 40.8 Å². The van der Waals surface area contributed by atoms with Gasteiger partial charge in [-0.2, -0.15) is 5.10 Å². The van der Waals surface area contributed by atoms with E-state index in [1.807, 2.05) is 0 Å². The lowest BCUT2D eigenvalue weighted by Crippen LogP contribution is -2.36. The first-order valence-electron chi connectivity index (χ1n) is 7.47. The van der Waals surface area contributed by atoms with Gasteiger partial charge >= 0.3 is 5.97 Å². The predicted molar refractivity (Wildman–Crippen MR) is 84.7 cm³/mol. The van der Waals surface area contributed by atoms with Crippen molar-refractivity contribution in [3.05, 3.63) is 34.4 Å². The van der Waals surface area contributed by atoms with Crippen LogP contribution >= 0.6 is 0 Å². The second kappa shape index (κ2) is 5.96. The zero-order chi connectivity index (χ0) is 18.3. The molecular weight excluding hydrogens is 332 g/mol. The van der Waals surface area contributed by atoms with Gasteiger partial charge in [-0.05, 0) is 26.0 Å². The maximum absolute atomic E-state index is 12.7. The number of rotatable bonds is 4. The summed E-state index contributed by atoms with van der Waals surface area (Å²) in [5.41, 5.74) is 2.37. The highest BCUT2D eigenvalue weighted by Gasteiger charge is 2.55. The van der Waals surface area contributed by atoms with Gasteiger partial charge in [0.25, 0.3) is 11.6 Å². The maximum atomic E-state index is 12.7. The Labute approximate surface area is 141 Å². The summed E-state index contributed by atoms with van der Waals surface area (Å²) in [4.78, 5) is 48.2. The number of hydrogen-bond donors (Lipinski definition) is 1. The van der Waals surface area contributed by atoms with Crippen LogP contribution in [0.2, 0.25) is 0 Å². The number of esters is 1. The van der Waals surface area contributed by atoms with E-state index in [1.165, 1.54) is 24.3 Å². The summed E-state index contributed by atoms with van der Waals surface area (Å²) in [6, 6.07) is 4.01. The first kappa shape index (κ1) is 16.6. The third-order valence-corrected chi connectivity index (χ3v) is 3.80. The first-order chi connectivity index (χ1) is 11.8. The van der Waals surface area contributed by atoms with Crippen molar-refractivity contribution in [1.29, 1.82) is 0 Å². The van der Waals surface area contributed by atoms with Crippen molar-refractivity contribution >= 4 is 34.9 Å². The summed E-state index contributed by atoms with van der Waals surface area (Å²) < 4.78 is 5.04. The van der Waals surface area contributed by atoms with Gasteiger partial charge in [-0.1, -0.05) is 0 Å². The molecule has 10 heteroatoms. The zero-order valence-corrected chi connectivity index (χ0v) is 13.3. The molecule has 1 saturated heterocycles. The van der Waals surface area contributed by atoms with E-state index in [-0.39, 0.29) is 17.1 Å². The van der Waals surface area contributed by atoms with Gasteiger partial charge in [0.15, 0.2) is 5.71 Å². The molecule has 0 spiro atoms. The highest BCUT2D eigenvalue weighted by molar-refractivity contribution is 6.46. The molecule has 0 unspecified atom stereocenters. The summed E-state index contributed by atoms with van der Waals surface area (Å²) in [7, 11) is 0. The number of nitrogens with zero attached hydrogens (tertiary/aromatic N) is 3. The Morgan fingerprint density at radius 2 is 1.92 bits per heavy atom. The number of benzene rings is 1. The van der Waals surface area contributed by atoms with Gasteiger partial charge < -0.3 is 4.74 Å². The lowest BCUT2D eigenvalue weighted by atomic mass is 9.99. The van der Waals surface area contributed by atoms with Crippen LogP contribution < -0.4 is 10.3 Å². The van der Waals surface area contributed by atoms with Crippen LogP contribution in [-0.2, 0) is 19.1 Å². The highest BCUT2D eigenvalue weighted by Crippen LogP contribution is 2.31. The summed E-state index contributed by atoms with van der Waals surface area (Å²) in [5, 5.41) is 14.5. The molecule has 0 aliphatic carbocycles. The second-order valence-corrected chi connectivity index (χ2v) is 5.82. The summed E-state index contributed by atoms with van der Waals surface area (Å²) >= 11 is 0. The molecule has 0 aromatic heterocycles. The van der Waals surface area contributed by atoms with Gasteiger partial charge in [0.1, 0.15) is 12.0 Å². The topological polar surface area (TPSA) is 131 Å². The molecule has 1 fully saturated rings. The van der Waals surface area contributed by atoms with Crippen molar-refractivity contribution < 1.29 is 24.0 Å². The Kier molecular flexibility index (Phi) is 3.95. The number of imide groups is 1. The normalized spacial score (nSPS) is 21.9. The molecular formula is C15H14N4O6. The van der Waals surface area contributed by atoms with E-state index in [9.17, 15) is 24.5 Å². The van der Waals surface area contributed by atoms with Crippen molar-refractivity contribution in [3.8, 4) is 0 Å². The number of hydrazone groups is 1. The lowest BCUT2D eigenvalue weighted by Gasteiger charge is -2.15. The van der Waals surface area contributed by atoms with Gasteiger partial charge in [0.05, 0.1) is 16.7 Å². The van der Waals surface area contributed by atoms with E-state index >= 15 is 0 Å². The number of non-ortho nitro benzene ring substituents is 1. The quantitative estimate of drug-likeness (QED) is 0.360. The molecule has 25 heavy (non-hydrogen) atoms. The van der Waals surface area contributed by atoms with Crippen LogP contribution in [-0.4, -0.2) is 40.6 Å². The molecule has 1 aromatic carbocycles. The van der Waals surface area contributed by atoms with Crippen LogP contribution in [0, 0.1) is 16.0 Å². The van der Waals surface area contributed by atoms with E-state index in [0.717, 1.165) is 4.90 Å². The molecule has 130 valence electrons. The number of nitro benzene ring substituents is 1. The average molecular weight is 346 g/mol. The van der Waals surface area contributed by atoms with E-state index in [4.69, 9.17) is 4.74 Å². The van der Waals surface area contributed by atoms with E-state index in [2.05, 4.69) is 10.5 Å². The van der Waals surface area contributed by atoms with Crippen LogP contribution in [0.5, 0.6) is 0 Å². The summed E-state index contributed by atoms with van der Waals surface area (Å²) in [5.74, 6) is -3.05. The van der Waals surface area contributed by atoms with Crippen LogP contribution in [0.15, 0.2) is 29.4 Å². The van der Waals surface area contributed by atoms with Crippen molar-refractivity contribution in [1.82, 2.24) is 5.43 Å². The number of carbonyl (C=O) groups excluding carboxylic acids is 3. The monoisotopic (exact) mass is 346 g/mol. The molecule has 2 atom stereocenters. The fourth-order valence-electron chi connectivity index (χ4n) is 2.71. The number of fused-ring (bicyclic) bond motifs is 1. The van der Waals surface area contributed by atoms with Gasteiger partial charge in [0.2, 0.25) is 5.91 Å². The minimum atomic E-state index is -1.08. The number of nitrogens with one attached hydrogen (secondary N) is 1. The van der Waals surface area contributed by atoms with Crippen molar-refractivity contribution in [2.45, 2.75) is 26.0 Å². The molecule has 1 aromatic rings. The van der Waals surface area contributed by atoms with Crippen molar-refractivity contribution in [2.75, 3.05) is 4.90 Å². The van der Waals surface area contributed by atoms with Crippen LogP contribution in [0.1, 0.15) is 13.8 Å². The van der Waals surface area contributed by atoms with Crippen molar-refractivity contribution in [3.63, 3.8) is 0 Å². The largest absolute Gasteiger partial charge is 0.458 e. The Bertz CT molecular complexity index is 801. The van der Waals surface area contributed by atoms with E-state index in [0.29, 0.717) is 0 Å². The fourth-order valence-corrected chi connectivity index (χ4v) is 2.71. The summed E-state index contributed by atoms with van der Waals surface area (Å²) in [6.07, 6.45) is -0.396. The Morgan fingerprint density at radius 1 is 1.28 bits per heavy atom. The van der Waals surface area contributed by atoms with Gasteiger partial charge in [-0.3, -0.25) is 25.1 Å². The maximum Gasteiger partial charge on any atom is 0.355 e. The molecule has 2 aliphatic heterocycles. The Balaban J connectivity index is 1.87. The second-order valence-electron chi connectivity index (χ2n) is 5.82. The fraction of sp³-hybridized carbons (Fsp3) is 0.333. The first-order valence-corrected chi connectivity index (χ1v) is 7.47. The smallest absolute Gasteiger partial charge is 0.355 e. The standard InChI is InChI=1S/C15H14N4O6/c1-7(2)25-15(22)12-10-11(16-17-12)14(21)18(13(10)20)8-3-5-9(6-4-8)19(23)24/h3-7,10-11,16H,1-2H3/t10-,11+/m1/s1. The number of hydrogen-bond acceptors (Lipinski definition) is 8. The minimum absolute atomic E-state index is 0.151. The molecule has 0 radical (unpaired) electrons. The molecule has 10 nitrogen and oxygen atoms in total. The predicted octanol–water partition coefficient (Wildman–Crippen LogP) is 0.364. The molecule has 0 saturated carbocycles.